The maximum absolute atomic E-state index is 6.08. The first kappa shape index (κ1) is 14.8. The lowest BCUT2D eigenvalue weighted by Gasteiger charge is -2.08. The van der Waals surface area contributed by atoms with Crippen LogP contribution in [0.1, 0.15) is 37.8 Å². The summed E-state index contributed by atoms with van der Waals surface area (Å²) in [4.78, 5) is 0. The zero-order valence-corrected chi connectivity index (χ0v) is 12.7. The molecule has 0 saturated heterocycles. The minimum absolute atomic E-state index is 0.0402. The minimum atomic E-state index is 0.0402. The second kappa shape index (κ2) is 6.72. The predicted molar refractivity (Wildman–Crippen MR) is 80.5 cm³/mol. The molecule has 0 saturated carbocycles. The fraction of sp³-hybridized carbons (Fsp3) is 0.429. The van der Waals surface area contributed by atoms with Crippen LogP contribution in [0.3, 0.4) is 0 Å². The van der Waals surface area contributed by atoms with Crippen LogP contribution in [0.2, 0.25) is 5.02 Å². The standard InChI is InChI=1S/C14H19ClN4O/c1-4-8-16-10(3)13-18-19-14(20-13)17-12-7-5-6-11(15)9(12)2/h5-7,10,16H,4,8H2,1-3H3,(H,17,19). The smallest absolute Gasteiger partial charge is 0.320 e. The van der Waals surface area contributed by atoms with E-state index in [9.17, 15) is 0 Å². The molecule has 6 heteroatoms. The van der Waals surface area contributed by atoms with Gasteiger partial charge in [-0.25, -0.2) is 0 Å². The summed E-state index contributed by atoms with van der Waals surface area (Å²) in [5.74, 6) is 0.570. The first-order chi connectivity index (χ1) is 9.61. The van der Waals surface area contributed by atoms with Crippen molar-refractivity contribution >= 4 is 23.3 Å². The summed E-state index contributed by atoms with van der Waals surface area (Å²) < 4.78 is 5.60. The highest BCUT2D eigenvalue weighted by molar-refractivity contribution is 6.31. The van der Waals surface area contributed by atoms with Crippen molar-refractivity contribution in [1.82, 2.24) is 15.5 Å². The van der Waals surface area contributed by atoms with Gasteiger partial charge in [0.2, 0.25) is 5.89 Å². The Kier molecular flexibility index (Phi) is 4.98. The van der Waals surface area contributed by atoms with Crippen LogP contribution in [-0.2, 0) is 0 Å². The number of nitrogens with one attached hydrogen (secondary N) is 2. The fourth-order valence-electron chi connectivity index (χ4n) is 1.77. The van der Waals surface area contributed by atoms with Gasteiger partial charge in [-0.2, -0.15) is 0 Å². The normalized spacial score (nSPS) is 12.4. The molecular weight excluding hydrogens is 276 g/mol. The molecule has 0 aliphatic carbocycles. The van der Waals surface area contributed by atoms with Gasteiger partial charge in [0.1, 0.15) is 0 Å². The maximum atomic E-state index is 6.08. The summed E-state index contributed by atoms with van der Waals surface area (Å²) in [5.41, 5.74) is 1.81. The van der Waals surface area contributed by atoms with Gasteiger partial charge in [-0.1, -0.05) is 29.7 Å². The molecule has 1 aromatic carbocycles. The molecule has 0 fully saturated rings. The van der Waals surface area contributed by atoms with Crippen LogP contribution in [0.4, 0.5) is 11.7 Å². The number of halogens is 1. The van der Waals surface area contributed by atoms with E-state index in [2.05, 4.69) is 27.8 Å². The Labute approximate surface area is 123 Å². The number of aromatic nitrogens is 2. The number of anilines is 2. The molecule has 1 unspecified atom stereocenters. The van der Waals surface area contributed by atoms with Crippen molar-refractivity contribution in [1.29, 1.82) is 0 Å². The first-order valence-electron chi connectivity index (χ1n) is 6.70. The van der Waals surface area contributed by atoms with Crippen LogP contribution in [0.5, 0.6) is 0 Å². The third-order valence-corrected chi connectivity index (χ3v) is 3.43. The fourth-order valence-corrected chi connectivity index (χ4v) is 1.94. The van der Waals surface area contributed by atoms with Crippen molar-refractivity contribution in [3.05, 3.63) is 34.7 Å². The highest BCUT2D eigenvalue weighted by Crippen LogP contribution is 2.26. The van der Waals surface area contributed by atoms with E-state index in [0.29, 0.717) is 16.9 Å². The second-order valence-corrected chi connectivity index (χ2v) is 5.07. The molecule has 108 valence electrons. The molecule has 0 amide bonds. The molecule has 0 aliphatic heterocycles. The Balaban J connectivity index is 2.07. The topological polar surface area (TPSA) is 63.0 Å². The molecule has 2 aromatic rings. The number of hydrogen-bond acceptors (Lipinski definition) is 5. The third kappa shape index (κ3) is 3.49. The molecule has 0 spiro atoms. The quantitative estimate of drug-likeness (QED) is 0.847. The van der Waals surface area contributed by atoms with Gasteiger partial charge in [-0.05, 0) is 44.5 Å². The van der Waals surface area contributed by atoms with Gasteiger partial charge in [0.05, 0.1) is 6.04 Å². The van der Waals surface area contributed by atoms with E-state index >= 15 is 0 Å². The van der Waals surface area contributed by atoms with Crippen LogP contribution >= 0.6 is 11.6 Å². The van der Waals surface area contributed by atoms with Crippen molar-refractivity contribution in [2.24, 2.45) is 0 Å². The van der Waals surface area contributed by atoms with E-state index in [1.807, 2.05) is 32.0 Å². The average Bonchev–Trinajstić information content (AvgIpc) is 2.90. The van der Waals surface area contributed by atoms with Crippen molar-refractivity contribution in [2.45, 2.75) is 33.2 Å². The SMILES string of the molecule is CCCNC(C)c1nnc(Nc2cccc(Cl)c2C)o1. The maximum Gasteiger partial charge on any atom is 0.320 e. The van der Waals surface area contributed by atoms with Crippen LogP contribution in [-0.4, -0.2) is 16.7 Å². The second-order valence-electron chi connectivity index (χ2n) is 4.66. The van der Waals surface area contributed by atoms with Gasteiger partial charge in [-0.3, -0.25) is 0 Å². The summed E-state index contributed by atoms with van der Waals surface area (Å²) >= 11 is 6.08. The van der Waals surface area contributed by atoms with Crippen LogP contribution in [0, 0.1) is 6.92 Å². The van der Waals surface area contributed by atoms with Gasteiger partial charge in [0, 0.05) is 10.7 Å². The van der Waals surface area contributed by atoms with Gasteiger partial charge in [0.15, 0.2) is 0 Å². The van der Waals surface area contributed by atoms with E-state index in [-0.39, 0.29) is 6.04 Å². The molecular formula is C14H19ClN4O. The highest BCUT2D eigenvalue weighted by atomic mass is 35.5. The van der Waals surface area contributed by atoms with Crippen molar-refractivity contribution < 1.29 is 4.42 Å². The molecule has 0 radical (unpaired) electrons. The average molecular weight is 295 g/mol. The lowest BCUT2D eigenvalue weighted by atomic mass is 10.2. The summed E-state index contributed by atoms with van der Waals surface area (Å²) in [6, 6.07) is 6.05. The summed E-state index contributed by atoms with van der Waals surface area (Å²) in [6.45, 7) is 6.97. The molecule has 2 rings (SSSR count). The van der Waals surface area contributed by atoms with E-state index in [1.165, 1.54) is 0 Å². The third-order valence-electron chi connectivity index (χ3n) is 3.02. The predicted octanol–water partition coefficient (Wildman–Crippen LogP) is 3.84. The molecule has 1 atom stereocenters. The van der Waals surface area contributed by atoms with Crippen molar-refractivity contribution in [3.8, 4) is 0 Å². The lowest BCUT2D eigenvalue weighted by molar-refractivity contribution is 0.424. The number of nitrogens with zero attached hydrogens (tertiary/aromatic N) is 2. The monoisotopic (exact) mass is 294 g/mol. The van der Waals surface area contributed by atoms with E-state index in [1.54, 1.807) is 0 Å². The minimum Gasteiger partial charge on any atom is -0.406 e. The molecule has 2 N–H and O–H groups in total. The van der Waals surface area contributed by atoms with Gasteiger partial charge in [0.25, 0.3) is 0 Å². The number of hydrogen-bond donors (Lipinski definition) is 2. The Morgan fingerprint density at radius 1 is 1.35 bits per heavy atom. The lowest BCUT2D eigenvalue weighted by Crippen LogP contribution is -2.19. The summed E-state index contributed by atoms with van der Waals surface area (Å²) in [7, 11) is 0. The van der Waals surface area contributed by atoms with Gasteiger partial charge in [-0.15, -0.1) is 5.10 Å². The Bertz CT molecular complexity index is 570. The Morgan fingerprint density at radius 2 is 2.15 bits per heavy atom. The summed E-state index contributed by atoms with van der Waals surface area (Å²) in [6.07, 6.45) is 1.06. The van der Waals surface area contributed by atoms with E-state index in [4.69, 9.17) is 16.0 Å². The first-order valence-corrected chi connectivity index (χ1v) is 7.08. The molecule has 0 bridgehead atoms. The molecule has 5 nitrogen and oxygen atoms in total. The van der Waals surface area contributed by atoms with Crippen LogP contribution in [0.25, 0.3) is 0 Å². The van der Waals surface area contributed by atoms with E-state index < -0.39 is 0 Å². The largest absolute Gasteiger partial charge is 0.406 e. The molecule has 1 heterocycles. The zero-order chi connectivity index (χ0) is 14.5. The van der Waals surface area contributed by atoms with Gasteiger partial charge < -0.3 is 15.1 Å². The number of rotatable bonds is 6. The van der Waals surface area contributed by atoms with Crippen molar-refractivity contribution in [2.75, 3.05) is 11.9 Å². The van der Waals surface area contributed by atoms with Crippen LogP contribution < -0.4 is 10.6 Å². The Hall–Kier alpha value is -1.59. The van der Waals surface area contributed by atoms with Crippen molar-refractivity contribution in [3.63, 3.8) is 0 Å². The molecule has 1 aromatic heterocycles. The summed E-state index contributed by atoms with van der Waals surface area (Å²) in [5, 5.41) is 15.1. The van der Waals surface area contributed by atoms with Crippen LogP contribution in [0.15, 0.2) is 22.6 Å². The van der Waals surface area contributed by atoms with E-state index in [0.717, 1.165) is 24.2 Å². The molecule has 0 aliphatic rings. The zero-order valence-electron chi connectivity index (χ0n) is 11.9. The highest BCUT2D eigenvalue weighted by Gasteiger charge is 2.13. The molecule has 20 heavy (non-hydrogen) atoms. The Morgan fingerprint density at radius 3 is 2.90 bits per heavy atom. The van der Waals surface area contributed by atoms with Gasteiger partial charge >= 0.3 is 6.01 Å². The number of benzene rings is 1.